The van der Waals surface area contributed by atoms with Crippen LogP contribution in [-0.4, -0.2) is 71.3 Å². The zero-order chi connectivity index (χ0) is 48.6. The van der Waals surface area contributed by atoms with Gasteiger partial charge in [0.25, 0.3) is 11.1 Å². The fourth-order valence-corrected chi connectivity index (χ4v) is 10.9. The third kappa shape index (κ3) is 13.1. The maximum atomic E-state index is 13.2. The van der Waals surface area contributed by atoms with Crippen LogP contribution in [0.3, 0.4) is 0 Å². The number of nitrogens with zero attached hydrogens (tertiary/aromatic N) is 4. The van der Waals surface area contributed by atoms with E-state index in [4.69, 9.17) is 11.6 Å². The molecular formula is C46H52ClFN10O8S2. The number of aryl methyl sites for hydroxylation is 4. The summed E-state index contributed by atoms with van der Waals surface area (Å²) in [5.41, 5.74) is 5.05. The van der Waals surface area contributed by atoms with Gasteiger partial charge in [-0.05, 0) is 123 Å². The third-order valence-electron chi connectivity index (χ3n) is 11.9. The number of nitrogens with one attached hydrogen (secondary N) is 6. The summed E-state index contributed by atoms with van der Waals surface area (Å²) in [5.74, 6) is -1.42. The molecule has 2 aliphatic rings. The average molecular weight is 992 g/mol. The minimum Gasteiger partial charge on any atom is -0.354 e. The zero-order valence-corrected chi connectivity index (χ0v) is 39.7. The first kappa shape index (κ1) is 49.3. The number of benzene rings is 2. The van der Waals surface area contributed by atoms with Crippen molar-refractivity contribution in [1.29, 1.82) is 0 Å². The Hall–Kier alpha value is -6.58. The summed E-state index contributed by atoms with van der Waals surface area (Å²) in [7, 11) is -7.81. The maximum absolute atomic E-state index is 13.2. The minimum absolute atomic E-state index is 0.0321. The lowest BCUT2D eigenvalue weighted by molar-refractivity contribution is -0.122. The summed E-state index contributed by atoms with van der Waals surface area (Å²) in [4.78, 5) is 51.0. The molecule has 2 unspecified atom stereocenters. The minimum atomic E-state index is -4.03. The number of rotatable bonds is 16. The van der Waals surface area contributed by atoms with Crippen molar-refractivity contribution in [2.75, 3.05) is 22.5 Å². The van der Waals surface area contributed by atoms with E-state index < -0.39 is 42.7 Å². The van der Waals surface area contributed by atoms with Crippen LogP contribution in [0.4, 0.5) is 15.8 Å². The van der Waals surface area contributed by atoms with Gasteiger partial charge in [-0.1, -0.05) is 48.0 Å². The van der Waals surface area contributed by atoms with Gasteiger partial charge in [0.1, 0.15) is 30.3 Å². The lowest BCUT2D eigenvalue weighted by Crippen LogP contribution is -2.37. The number of aromatic amines is 2. The van der Waals surface area contributed by atoms with Crippen LogP contribution in [-0.2, 0) is 79.9 Å². The highest BCUT2D eigenvalue weighted by atomic mass is 35.5. The van der Waals surface area contributed by atoms with E-state index in [9.17, 15) is 40.4 Å². The number of fused-ring (bicyclic) bond motifs is 2. The molecule has 0 aliphatic heterocycles. The van der Waals surface area contributed by atoms with Crippen LogP contribution in [0.25, 0.3) is 0 Å². The molecule has 360 valence electrons. The molecule has 0 fully saturated rings. The Balaban J connectivity index is 0.000000202. The Bertz CT molecular complexity index is 3140. The molecule has 18 nitrogen and oxygen atoms in total. The summed E-state index contributed by atoms with van der Waals surface area (Å²) < 4.78 is 70.7. The van der Waals surface area contributed by atoms with Gasteiger partial charge in [-0.25, -0.2) is 21.2 Å². The van der Waals surface area contributed by atoms with Crippen LogP contribution in [0.15, 0.2) is 94.8 Å². The number of sulfonamides is 2. The second-order valence-electron chi connectivity index (χ2n) is 17.1. The smallest absolute Gasteiger partial charge is 0.275 e. The van der Waals surface area contributed by atoms with E-state index in [1.807, 2.05) is 12.4 Å². The summed E-state index contributed by atoms with van der Waals surface area (Å²) in [6.07, 6.45) is 8.96. The molecule has 0 radical (unpaired) electrons. The van der Waals surface area contributed by atoms with Crippen LogP contribution >= 0.6 is 11.6 Å². The standard InChI is InChI=1S/C23H25ClFN5O4S.C23H27N5O4S/c1-14-2-6-21(29-35(33,34)13-16-4-5-18(25)9-19(16)24)23(32)30(14)12-22(31)26-10-15-3-7-20-17(8-15)11-27-28-20;1-16-7-9-21(27-33(31,32)15-17-5-3-2-4-6-17)23(30)28(16)14-22(29)24-12-18-8-10-20-19(11-18)13-25-26-20/h2,4-6,9,11,15,29H,3,7-8,10,12-13H2,1H3,(H,26,31)(H,27,28);2-7,9,13,18,27H,8,10-12,14-15H2,1H3,(H,24,29)(H,25,26). The molecule has 2 aliphatic carbocycles. The van der Waals surface area contributed by atoms with Crippen molar-refractivity contribution in [3.05, 3.63) is 162 Å². The molecule has 22 heteroatoms. The van der Waals surface area contributed by atoms with Gasteiger partial charge in [-0.2, -0.15) is 10.2 Å². The second kappa shape index (κ2) is 21.6. The maximum Gasteiger partial charge on any atom is 0.275 e. The number of anilines is 2. The van der Waals surface area contributed by atoms with E-state index in [0.29, 0.717) is 36.0 Å². The molecule has 2 atom stereocenters. The van der Waals surface area contributed by atoms with Gasteiger partial charge in [0.2, 0.25) is 31.9 Å². The molecule has 6 aromatic rings. The molecule has 2 amide bonds. The van der Waals surface area contributed by atoms with Crippen LogP contribution in [0.1, 0.15) is 57.9 Å². The predicted octanol–water partition coefficient (Wildman–Crippen LogP) is 4.28. The number of aromatic nitrogens is 6. The van der Waals surface area contributed by atoms with Gasteiger partial charge in [0.15, 0.2) is 0 Å². The number of amides is 2. The van der Waals surface area contributed by atoms with Crippen LogP contribution in [0.2, 0.25) is 5.02 Å². The van der Waals surface area contributed by atoms with Gasteiger partial charge in [0.05, 0.1) is 23.9 Å². The summed E-state index contributed by atoms with van der Waals surface area (Å²) in [6.45, 7) is 3.93. The zero-order valence-electron chi connectivity index (χ0n) is 37.4. The molecule has 0 saturated carbocycles. The van der Waals surface area contributed by atoms with Crippen molar-refractivity contribution in [3.63, 3.8) is 0 Å². The largest absolute Gasteiger partial charge is 0.354 e. The molecule has 0 bridgehead atoms. The van der Waals surface area contributed by atoms with E-state index in [1.165, 1.54) is 32.9 Å². The molecule has 68 heavy (non-hydrogen) atoms. The first-order valence-corrected chi connectivity index (χ1v) is 25.6. The van der Waals surface area contributed by atoms with Gasteiger partial charge < -0.3 is 19.8 Å². The predicted molar refractivity (Wildman–Crippen MR) is 255 cm³/mol. The lowest BCUT2D eigenvalue weighted by atomic mass is 9.88. The van der Waals surface area contributed by atoms with Crippen molar-refractivity contribution in [2.45, 2.75) is 77.0 Å². The summed E-state index contributed by atoms with van der Waals surface area (Å²) >= 11 is 5.93. The molecular weight excluding hydrogens is 939 g/mol. The molecule has 0 saturated heterocycles. The van der Waals surface area contributed by atoms with Crippen LogP contribution < -0.4 is 31.2 Å². The quantitative estimate of drug-likeness (QED) is 0.0803. The Morgan fingerprint density at radius 2 is 1.19 bits per heavy atom. The molecule has 6 N–H and O–H groups in total. The molecule has 4 aromatic heterocycles. The van der Waals surface area contributed by atoms with Crippen LogP contribution in [0, 0.1) is 31.5 Å². The Kier molecular flexibility index (Phi) is 15.7. The second-order valence-corrected chi connectivity index (χ2v) is 20.9. The van der Waals surface area contributed by atoms with Gasteiger partial charge >= 0.3 is 0 Å². The van der Waals surface area contributed by atoms with E-state index >= 15 is 0 Å². The Morgan fingerprint density at radius 3 is 1.68 bits per heavy atom. The highest BCUT2D eigenvalue weighted by Gasteiger charge is 2.24. The van der Waals surface area contributed by atoms with E-state index in [-0.39, 0.29) is 58.5 Å². The fraction of sp³-hybridized carbons (Fsp3) is 0.348. The average Bonchev–Trinajstić information content (AvgIpc) is 3.98. The highest BCUT2D eigenvalue weighted by Crippen LogP contribution is 2.25. The lowest BCUT2D eigenvalue weighted by Gasteiger charge is -2.22. The van der Waals surface area contributed by atoms with Gasteiger partial charge in [-0.3, -0.25) is 38.8 Å². The monoisotopic (exact) mass is 990 g/mol. The number of hydrogen-bond acceptors (Lipinski definition) is 10. The SMILES string of the molecule is Cc1ccc(NS(=O)(=O)Cc2ccc(F)cc2Cl)c(=O)n1CC(=O)NCC1CCc2[nH]ncc2C1.Cc1ccc(NS(=O)(=O)Cc2ccccc2)c(=O)n1CC(=O)NCC1CCc2[nH]ncc2C1. The summed E-state index contributed by atoms with van der Waals surface area (Å²) in [5, 5.41) is 19.9. The number of pyridine rings is 2. The molecule has 2 aromatic carbocycles. The number of carbonyl (C=O) groups excluding carboxylic acids is 2. The highest BCUT2D eigenvalue weighted by molar-refractivity contribution is 7.92. The number of carbonyl (C=O) groups is 2. The topological polar surface area (TPSA) is 252 Å². The van der Waals surface area contributed by atoms with Gasteiger partial charge in [0, 0.05) is 40.9 Å². The number of hydrogen-bond donors (Lipinski definition) is 6. The van der Waals surface area contributed by atoms with Crippen LogP contribution in [0.5, 0.6) is 0 Å². The number of halogens is 2. The van der Waals surface area contributed by atoms with Crippen molar-refractivity contribution < 1.29 is 30.8 Å². The summed E-state index contributed by atoms with van der Waals surface area (Å²) in [6, 6.07) is 18.1. The van der Waals surface area contributed by atoms with Crippen molar-refractivity contribution in [3.8, 4) is 0 Å². The molecule has 0 spiro atoms. The molecule has 4 heterocycles. The fourth-order valence-electron chi connectivity index (χ4n) is 8.18. The Labute approximate surface area is 397 Å². The van der Waals surface area contributed by atoms with E-state index in [2.05, 4.69) is 40.5 Å². The van der Waals surface area contributed by atoms with Crippen molar-refractivity contribution in [1.82, 2.24) is 40.2 Å². The Morgan fingerprint density at radius 1 is 0.706 bits per heavy atom. The van der Waals surface area contributed by atoms with Crippen molar-refractivity contribution in [2.24, 2.45) is 11.8 Å². The third-order valence-corrected chi connectivity index (χ3v) is 14.7. The number of H-pyrrole nitrogens is 2. The van der Waals surface area contributed by atoms with Gasteiger partial charge in [-0.15, -0.1) is 0 Å². The van der Waals surface area contributed by atoms with E-state index in [1.54, 1.807) is 56.3 Å². The first-order chi connectivity index (χ1) is 32.4. The molecule has 8 rings (SSSR count). The normalized spacial score (nSPS) is 15.5. The van der Waals surface area contributed by atoms with Crippen molar-refractivity contribution >= 4 is 54.8 Å². The van der Waals surface area contributed by atoms with E-state index in [0.717, 1.165) is 67.6 Å². The first-order valence-electron chi connectivity index (χ1n) is 21.9.